The van der Waals surface area contributed by atoms with Crippen molar-refractivity contribution in [1.82, 2.24) is 10.6 Å². The molecule has 0 aromatic rings. The van der Waals surface area contributed by atoms with Gasteiger partial charge in [0.1, 0.15) is 0 Å². The van der Waals surface area contributed by atoms with Gasteiger partial charge in [0.15, 0.2) is 0 Å². The highest BCUT2D eigenvalue weighted by atomic mass is 32.2. The summed E-state index contributed by atoms with van der Waals surface area (Å²) in [7, 11) is -0.952. The maximum atomic E-state index is 11.5. The van der Waals surface area contributed by atoms with E-state index in [1.54, 1.807) is 6.26 Å². The molecule has 0 radical (unpaired) electrons. The van der Waals surface area contributed by atoms with Gasteiger partial charge in [-0.2, -0.15) is 0 Å². The van der Waals surface area contributed by atoms with E-state index in [1.165, 1.54) is 0 Å². The van der Waals surface area contributed by atoms with E-state index in [-0.39, 0.29) is 23.1 Å². The van der Waals surface area contributed by atoms with E-state index in [0.717, 1.165) is 0 Å². The Morgan fingerprint density at radius 3 is 2.35 bits per heavy atom. The molecular weight excluding hydrogens is 280 g/mol. The lowest BCUT2D eigenvalue weighted by molar-refractivity contribution is -0.137. The van der Waals surface area contributed by atoms with Crippen LogP contribution in [-0.2, 0) is 15.6 Å². The summed E-state index contributed by atoms with van der Waals surface area (Å²) in [6, 6.07) is -0.281. The Kier molecular flexibility index (Phi) is 8.45. The highest BCUT2D eigenvalue weighted by Gasteiger charge is 2.19. The number of hydrogen-bond acceptors (Lipinski definition) is 3. The Labute approximate surface area is 123 Å². The highest BCUT2D eigenvalue weighted by molar-refractivity contribution is 7.84. The Bertz CT molecular complexity index is 358. The zero-order valence-electron chi connectivity index (χ0n) is 12.7. The second-order valence-electron chi connectivity index (χ2n) is 5.75. The average molecular weight is 306 g/mol. The summed E-state index contributed by atoms with van der Waals surface area (Å²) >= 11 is 0. The van der Waals surface area contributed by atoms with Gasteiger partial charge in [-0.1, -0.05) is 13.8 Å². The first-order chi connectivity index (χ1) is 9.14. The van der Waals surface area contributed by atoms with Crippen LogP contribution in [0.4, 0.5) is 4.79 Å². The molecular formula is C13H26N2O4S. The van der Waals surface area contributed by atoms with E-state index in [1.807, 2.05) is 20.8 Å². The zero-order valence-corrected chi connectivity index (χ0v) is 13.5. The normalized spacial score (nSPS) is 14.4. The molecule has 0 saturated heterocycles. The topological polar surface area (TPSA) is 95.5 Å². The van der Waals surface area contributed by atoms with Gasteiger partial charge in [-0.05, 0) is 25.2 Å². The lowest BCUT2D eigenvalue weighted by atomic mass is 9.84. The van der Waals surface area contributed by atoms with Crippen molar-refractivity contribution in [3.8, 4) is 0 Å². The Balaban J connectivity index is 3.85. The van der Waals surface area contributed by atoms with Crippen molar-refractivity contribution >= 4 is 22.8 Å². The van der Waals surface area contributed by atoms with Crippen LogP contribution in [0.25, 0.3) is 0 Å². The van der Waals surface area contributed by atoms with E-state index < -0.39 is 16.8 Å². The molecule has 0 aliphatic carbocycles. The van der Waals surface area contributed by atoms with Gasteiger partial charge in [-0.3, -0.25) is 9.00 Å². The molecule has 0 aliphatic heterocycles. The smallest absolute Gasteiger partial charge is 0.314 e. The Morgan fingerprint density at radius 2 is 1.85 bits per heavy atom. The van der Waals surface area contributed by atoms with Gasteiger partial charge < -0.3 is 15.7 Å². The summed E-state index contributed by atoms with van der Waals surface area (Å²) in [4.78, 5) is 22.0. The lowest BCUT2D eigenvalue weighted by Gasteiger charge is -2.23. The first-order valence-corrected chi connectivity index (χ1v) is 8.32. The number of urea groups is 1. The number of carboxylic acids is 1. The summed E-state index contributed by atoms with van der Waals surface area (Å²) in [5.41, 5.74) is -0.121. The summed E-state index contributed by atoms with van der Waals surface area (Å²) in [6.45, 7) is 6.64. The largest absolute Gasteiger partial charge is 0.481 e. The maximum absolute atomic E-state index is 11.5. The van der Waals surface area contributed by atoms with Gasteiger partial charge in [-0.15, -0.1) is 0 Å². The number of nitrogens with one attached hydrogen (secondary N) is 2. The molecule has 2 unspecified atom stereocenters. The van der Waals surface area contributed by atoms with Gasteiger partial charge in [0, 0.05) is 41.8 Å². The minimum atomic E-state index is -0.952. The van der Waals surface area contributed by atoms with Gasteiger partial charge in [0.2, 0.25) is 0 Å². The quantitative estimate of drug-likeness (QED) is 0.599. The van der Waals surface area contributed by atoms with Crippen molar-refractivity contribution < 1.29 is 18.9 Å². The molecule has 0 aliphatic rings. The second kappa shape index (κ2) is 8.94. The second-order valence-corrected chi connectivity index (χ2v) is 7.56. The van der Waals surface area contributed by atoms with Crippen LogP contribution in [0.2, 0.25) is 0 Å². The molecule has 0 aromatic carbocycles. The molecule has 3 N–H and O–H groups in total. The van der Waals surface area contributed by atoms with Gasteiger partial charge >= 0.3 is 12.0 Å². The zero-order chi connectivity index (χ0) is 15.8. The summed E-state index contributed by atoms with van der Waals surface area (Å²) in [5.74, 6) is -0.801. The number of carbonyl (C=O) groups excluding carboxylic acids is 1. The van der Waals surface area contributed by atoms with Crippen LogP contribution < -0.4 is 10.6 Å². The van der Waals surface area contributed by atoms with Crippen molar-refractivity contribution in [1.29, 1.82) is 0 Å². The molecule has 0 aromatic heterocycles. The molecule has 2 atom stereocenters. The number of carboxylic acid groups (broad SMARTS) is 1. The van der Waals surface area contributed by atoms with E-state index in [4.69, 9.17) is 5.11 Å². The van der Waals surface area contributed by atoms with Gasteiger partial charge in [-0.25, -0.2) is 4.79 Å². The van der Waals surface area contributed by atoms with Crippen molar-refractivity contribution in [2.75, 3.05) is 19.3 Å². The molecule has 0 saturated carbocycles. The fourth-order valence-electron chi connectivity index (χ4n) is 1.50. The molecule has 2 amide bonds. The molecule has 0 heterocycles. The summed E-state index contributed by atoms with van der Waals surface area (Å²) < 4.78 is 11.1. The molecule has 0 fully saturated rings. The lowest BCUT2D eigenvalue weighted by Crippen LogP contribution is -2.41. The third-order valence-electron chi connectivity index (χ3n) is 3.22. The van der Waals surface area contributed by atoms with Gasteiger partial charge in [0.05, 0.1) is 0 Å². The minimum absolute atomic E-state index is 0.0762. The molecule has 7 heteroatoms. The molecule has 0 spiro atoms. The Morgan fingerprint density at radius 1 is 1.25 bits per heavy atom. The first-order valence-electron chi connectivity index (χ1n) is 6.70. The highest BCUT2D eigenvalue weighted by Crippen LogP contribution is 2.25. The number of amides is 2. The van der Waals surface area contributed by atoms with Gasteiger partial charge in [0.25, 0.3) is 0 Å². The predicted octanol–water partition coefficient (Wildman–Crippen LogP) is 1.33. The van der Waals surface area contributed by atoms with Crippen molar-refractivity contribution in [2.24, 2.45) is 5.41 Å². The van der Waals surface area contributed by atoms with E-state index in [9.17, 15) is 13.8 Å². The van der Waals surface area contributed by atoms with Crippen LogP contribution in [0.15, 0.2) is 0 Å². The standard InChI is InChI=1S/C13H26N2O4S/c1-10(20(4)19)9-15-12(18)14-8-7-13(2,3)6-5-11(16)17/h10H,5-9H2,1-4H3,(H,16,17)(H2,14,15,18). The maximum Gasteiger partial charge on any atom is 0.314 e. The average Bonchev–Trinajstić information content (AvgIpc) is 2.33. The predicted molar refractivity (Wildman–Crippen MR) is 80.2 cm³/mol. The summed E-state index contributed by atoms with van der Waals surface area (Å²) in [6.07, 6.45) is 3.04. The molecule has 6 nitrogen and oxygen atoms in total. The SMILES string of the molecule is CC(CNC(=O)NCCC(C)(C)CCC(=O)O)S(C)=O. The van der Waals surface area contributed by atoms with E-state index in [0.29, 0.717) is 25.9 Å². The molecule has 20 heavy (non-hydrogen) atoms. The Hall–Kier alpha value is -1.11. The van der Waals surface area contributed by atoms with Crippen molar-refractivity contribution in [2.45, 2.75) is 45.3 Å². The van der Waals surface area contributed by atoms with Crippen molar-refractivity contribution in [3.63, 3.8) is 0 Å². The molecule has 0 rings (SSSR count). The van der Waals surface area contributed by atoms with Crippen LogP contribution in [0.3, 0.4) is 0 Å². The van der Waals surface area contributed by atoms with Crippen LogP contribution in [-0.4, -0.2) is 45.9 Å². The molecule has 0 bridgehead atoms. The number of carbonyl (C=O) groups is 2. The number of hydrogen-bond donors (Lipinski definition) is 3. The van der Waals surface area contributed by atoms with Crippen LogP contribution >= 0.6 is 0 Å². The third-order valence-corrected chi connectivity index (χ3v) is 4.52. The fraction of sp³-hybridized carbons (Fsp3) is 0.846. The van der Waals surface area contributed by atoms with Crippen molar-refractivity contribution in [3.05, 3.63) is 0 Å². The number of rotatable bonds is 9. The van der Waals surface area contributed by atoms with E-state index in [2.05, 4.69) is 10.6 Å². The van der Waals surface area contributed by atoms with Crippen LogP contribution in [0.5, 0.6) is 0 Å². The number of aliphatic carboxylic acids is 1. The minimum Gasteiger partial charge on any atom is -0.481 e. The molecule has 118 valence electrons. The fourth-order valence-corrected chi connectivity index (χ4v) is 1.82. The third kappa shape index (κ3) is 9.77. The van der Waals surface area contributed by atoms with E-state index >= 15 is 0 Å². The first kappa shape index (κ1) is 18.9. The monoisotopic (exact) mass is 306 g/mol. The van der Waals surface area contributed by atoms with Crippen LogP contribution in [0, 0.1) is 5.41 Å². The van der Waals surface area contributed by atoms with Crippen LogP contribution in [0.1, 0.15) is 40.0 Å². The summed E-state index contributed by atoms with van der Waals surface area (Å²) in [5, 5.41) is 14.0.